The van der Waals surface area contributed by atoms with Crippen molar-refractivity contribution in [3.63, 3.8) is 0 Å². The Morgan fingerprint density at radius 1 is 0.800 bits per heavy atom. The quantitative estimate of drug-likeness (QED) is 0.510. The first kappa shape index (κ1) is 13.1. The summed E-state index contributed by atoms with van der Waals surface area (Å²) >= 11 is 0. The fourth-order valence-electron chi connectivity index (χ4n) is 2.48. The van der Waals surface area contributed by atoms with Gasteiger partial charge in [0.05, 0.1) is 19.8 Å². The van der Waals surface area contributed by atoms with Crippen LogP contribution in [0.1, 0.15) is 5.56 Å². The lowest BCUT2D eigenvalue weighted by Gasteiger charge is -2.09. The normalized spacial score (nSPS) is 11.2. The summed E-state index contributed by atoms with van der Waals surface area (Å²) in [4.78, 5) is 0. The fraction of sp³-hybridized carbons (Fsp3) is 0.222. The Balaban J connectivity index is 1.97. The number of benzene rings is 3. The van der Waals surface area contributed by atoms with E-state index in [2.05, 4.69) is 54.6 Å². The number of ether oxygens (including phenoxy) is 2. The van der Waals surface area contributed by atoms with Crippen molar-refractivity contribution in [3.05, 3.63) is 60.2 Å². The van der Waals surface area contributed by atoms with Crippen molar-refractivity contribution in [3.8, 4) is 0 Å². The van der Waals surface area contributed by atoms with Crippen LogP contribution in [0.25, 0.3) is 21.5 Å². The second-order valence-corrected chi connectivity index (χ2v) is 4.88. The summed E-state index contributed by atoms with van der Waals surface area (Å²) in [7, 11) is 1.69. The van der Waals surface area contributed by atoms with Crippen LogP contribution < -0.4 is 0 Å². The van der Waals surface area contributed by atoms with E-state index in [0.29, 0.717) is 19.8 Å². The average molecular weight is 266 g/mol. The maximum atomic E-state index is 5.66. The molecule has 20 heavy (non-hydrogen) atoms. The molecule has 3 aromatic rings. The average Bonchev–Trinajstić information content (AvgIpc) is 2.50. The summed E-state index contributed by atoms with van der Waals surface area (Å²) in [6.45, 7) is 1.88. The Morgan fingerprint density at radius 3 is 2.35 bits per heavy atom. The van der Waals surface area contributed by atoms with Crippen LogP contribution in [-0.2, 0) is 16.1 Å². The van der Waals surface area contributed by atoms with Gasteiger partial charge in [0.2, 0.25) is 0 Å². The van der Waals surface area contributed by atoms with Gasteiger partial charge in [0.15, 0.2) is 0 Å². The molecule has 0 N–H and O–H groups in total. The molecule has 0 atom stereocenters. The Labute approximate surface area is 118 Å². The van der Waals surface area contributed by atoms with E-state index < -0.39 is 0 Å². The van der Waals surface area contributed by atoms with E-state index in [0.717, 1.165) is 0 Å². The summed E-state index contributed by atoms with van der Waals surface area (Å²) in [5.74, 6) is 0. The predicted molar refractivity (Wildman–Crippen MR) is 83.0 cm³/mol. The summed E-state index contributed by atoms with van der Waals surface area (Å²) in [5.41, 5.74) is 1.23. The zero-order valence-electron chi connectivity index (χ0n) is 11.6. The lowest BCUT2D eigenvalue weighted by molar-refractivity contribution is 0.0621. The summed E-state index contributed by atoms with van der Waals surface area (Å²) in [6.07, 6.45) is 0. The van der Waals surface area contributed by atoms with Crippen molar-refractivity contribution < 1.29 is 9.47 Å². The van der Waals surface area contributed by atoms with Gasteiger partial charge in [-0.1, -0.05) is 42.5 Å². The van der Waals surface area contributed by atoms with Crippen LogP contribution in [0.5, 0.6) is 0 Å². The molecule has 0 amide bonds. The summed E-state index contributed by atoms with van der Waals surface area (Å²) in [6, 6.07) is 19.3. The summed E-state index contributed by atoms with van der Waals surface area (Å²) < 4.78 is 10.7. The first-order valence-corrected chi connectivity index (χ1v) is 6.85. The number of fused-ring (bicyclic) bond motifs is 2. The summed E-state index contributed by atoms with van der Waals surface area (Å²) in [5, 5.41) is 5.07. The molecule has 0 aliphatic heterocycles. The van der Waals surface area contributed by atoms with Gasteiger partial charge in [0.25, 0.3) is 0 Å². The van der Waals surface area contributed by atoms with Gasteiger partial charge in [-0.15, -0.1) is 0 Å². The highest BCUT2D eigenvalue weighted by molar-refractivity contribution is 5.99. The van der Waals surface area contributed by atoms with Gasteiger partial charge in [-0.3, -0.25) is 0 Å². The molecule has 0 aliphatic carbocycles. The van der Waals surface area contributed by atoms with Gasteiger partial charge in [0.1, 0.15) is 0 Å². The Morgan fingerprint density at radius 2 is 1.55 bits per heavy atom. The van der Waals surface area contributed by atoms with Crippen LogP contribution >= 0.6 is 0 Å². The molecular formula is C18H18O2. The third kappa shape index (κ3) is 2.67. The predicted octanol–water partition coefficient (Wildman–Crippen LogP) is 4.16. The molecule has 0 saturated heterocycles. The van der Waals surface area contributed by atoms with E-state index in [1.54, 1.807) is 7.11 Å². The third-order valence-corrected chi connectivity index (χ3v) is 3.53. The number of rotatable bonds is 5. The molecule has 0 radical (unpaired) electrons. The maximum absolute atomic E-state index is 5.66. The Hall–Kier alpha value is -1.90. The van der Waals surface area contributed by atoms with E-state index in [4.69, 9.17) is 9.47 Å². The second kappa shape index (κ2) is 6.04. The minimum absolute atomic E-state index is 0.624. The molecule has 0 unspecified atom stereocenters. The zero-order valence-corrected chi connectivity index (χ0v) is 11.6. The third-order valence-electron chi connectivity index (χ3n) is 3.53. The van der Waals surface area contributed by atoms with Gasteiger partial charge in [0, 0.05) is 7.11 Å². The molecule has 102 valence electrons. The van der Waals surface area contributed by atoms with E-state index in [1.807, 2.05) is 0 Å². The van der Waals surface area contributed by atoms with E-state index in [9.17, 15) is 0 Å². The van der Waals surface area contributed by atoms with Crippen LogP contribution in [0.3, 0.4) is 0 Å². The number of hydrogen-bond acceptors (Lipinski definition) is 2. The monoisotopic (exact) mass is 266 g/mol. The lowest BCUT2D eigenvalue weighted by atomic mass is 10.00. The molecule has 3 aromatic carbocycles. The van der Waals surface area contributed by atoms with Crippen molar-refractivity contribution in [1.29, 1.82) is 0 Å². The molecule has 2 heteroatoms. The first-order valence-electron chi connectivity index (χ1n) is 6.85. The molecule has 0 saturated carbocycles. The topological polar surface area (TPSA) is 18.5 Å². The van der Waals surface area contributed by atoms with Crippen LogP contribution in [0.2, 0.25) is 0 Å². The molecule has 0 fully saturated rings. The SMILES string of the molecule is COCCOCc1cccc2cc3ccccc3cc12. The highest BCUT2D eigenvalue weighted by Gasteiger charge is 2.03. The highest BCUT2D eigenvalue weighted by atomic mass is 16.5. The van der Waals surface area contributed by atoms with E-state index in [-0.39, 0.29) is 0 Å². The minimum Gasteiger partial charge on any atom is -0.382 e. The van der Waals surface area contributed by atoms with Crippen LogP contribution in [0.4, 0.5) is 0 Å². The molecule has 0 heterocycles. The zero-order chi connectivity index (χ0) is 13.8. The Bertz CT molecular complexity index is 719. The largest absolute Gasteiger partial charge is 0.382 e. The van der Waals surface area contributed by atoms with Gasteiger partial charge in [-0.25, -0.2) is 0 Å². The van der Waals surface area contributed by atoms with Crippen molar-refractivity contribution >= 4 is 21.5 Å². The van der Waals surface area contributed by atoms with Gasteiger partial charge in [-0.2, -0.15) is 0 Å². The Kier molecular flexibility index (Phi) is 3.95. The van der Waals surface area contributed by atoms with Crippen molar-refractivity contribution in [2.24, 2.45) is 0 Å². The smallest absolute Gasteiger partial charge is 0.0724 e. The highest BCUT2D eigenvalue weighted by Crippen LogP contribution is 2.25. The first-order chi connectivity index (χ1) is 9.88. The van der Waals surface area contributed by atoms with Gasteiger partial charge in [-0.05, 0) is 39.2 Å². The van der Waals surface area contributed by atoms with E-state index in [1.165, 1.54) is 27.1 Å². The number of hydrogen-bond donors (Lipinski definition) is 0. The fourth-order valence-corrected chi connectivity index (χ4v) is 2.48. The molecule has 0 spiro atoms. The maximum Gasteiger partial charge on any atom is 0.0724 e. The number of methoxy groups -OCH3 is 1. The van der Waals surface area contributed by atoms with Crippen LogP contribution in [0.15, 0.2) is 54.6 Å². The van der Waals surface area contributed by atoms with E-state index >= 15 is 0 Å². The molecule has 2 nitrogen and oxygen atoms in total. The molecular weight excluding hydrogens is 248 g/mol. The van der Waals surface area contributed by atoms with Crippen LogP contribution in [0, 0.1) is 0 Å². The van der Waals surface area contributed by atoms with Gasteiger partial charge < -0.3 is 9.47 Å². The van der Waals surface area contributed by atoms with Gasteiger partial charge >= 0.3 is 0 Å². The molecule has 3 rings (SSSR count). The second-order valence-electron chi connectivity index (χ2n) is 4.88. The van der Waals surface area contributed by atoms with Crippen LogP contribution in [-0.4, -0.2) is 20.3 Å². The van der Waals surface area contributed by atoms with Crippen molar-refractivity contribution in [2.75, 3.05) is 20.3 Å². The molecule has 0 aliphatic rings. The lowest BCUT2D eigenvalue weighted by Crippen LogP contribution is -2.02. The minimum atomic E-state index is 0.624. The standard InChI is InChI=1S/C18H18O2/c1-19-9-10-20-13-17-8-4-7-16-11-14-5-2-3-6-15(14)12-18(16)17/h2-8,11-12H,9-10,13H2,1H3. The van der Waals surface area contributed by atoms with Crippen molar-refractivity contribution in [2.45, 2.75) is 6.61 Å². The van der Waals surface area contributed by atoms with Crippen molar-refractivity contribution in [1.82, 2.24) is 0 Å². The molecule has 0 bridgehead atoms. The molecule has 0 aromatic heterocycles.